The maximum atomic E-state index is 12.4. The molecule has 1 aromatic heterocycles. The Balaban J connectivity index is 2.87. The van der Waals surface area contributed by atoms with Gasteiger partial charge in [-0.05, 0) is 13.0 Å². The maximum Gasteiger partial charge on any atom is 0.240 e. The van der Waals surface area contributed by atoms with Crippen LogP contribution in [0.25, 0.3) is 0 Å². The van der Waals surface area contributed by atoms with Crippen molar-refractivity contribution in [1.29, 1.82) is 0 Å². The molecule has 1 aromatic rings. The normalized spacial score (nSPS) is 15.1. The number of anilines is 1. The van der Waals surface area contributed by atoms with Crippen molar-refractivity contribution in [2.24, 2.45) is 0 Å². The fourth-order valence-electron chi connectivity index (χ4n) is 1.48. The van der Waals surface area contributed by atoms with Crippen LogP contribution in [0.4, 0.5) is 14.6 Å². The third-order valence-corrected chi connectivity index (χ3v) is 2.10. The minimum Gasteiger partial charge on any atom is -0.383 e. The van der Waals surface area contributed by atoms with Crippen LogP contribution in [-0.2, 0) is 0 Å². The molecule has 6 heteroatoms. The van der Waals surface area contributed by atoms with E-state index in [1.54, 1.807) is 12.1 Å². The van der Waals surface area contributed by atoms with Crippen molar-refractivity contribution in [3.63, 3.8) is 0 Å². The summed E-state index contributed by atoms with van der Waals surface area (Å²) in [5, 5.41) is 11.8. The quantitative estimate of drug-likeness (QED) is 0.668. The van der Waals surface area contributed by atoms with Gasteiger partial charge in [0.1, 0.15) is 12.0 Å². The summed E-state index contributed by atoms with van der Waals surface area (Å²) in [4.78, 5) is 3.83. The first-order chi connectivity index (χ1) is 7.50. The highest BCUT2D eigenvalue weighted by molar-refractivity contribution is 5.40. The lowest BCUT2D eigenvalue weighted by atomic mass is 10.0. The summed E-state index contributed by atoms with van der Waals surface area (Å²) in [6.07, 6.45) is -2.29. The van der Waals surface area contributed by atoms with Gasteiger partial charge in [0.25, 0.3) is 0 Å². The van der Waals surface area contributed by atoms with Crippen molar-refractivity contribution in [3.05, 3.63) is 23.9 Å². The van der Waals surface area contributed by atoms with Crippen molar-refractivity contribution >= 4 is 5.82 Å². The third-order valence-electron chi connectivity index (χ3n) is 2.10. The first kappa shape index (κ1) is 12.8. The Bertz CT molecular complexity index is 324. The van der Waals surface area contributed by atoms with Crippen molar-refractivity contribution in [3.8, 4) is 0 Å². The predicted octanol–water partition coefficient (Wildman–Crippen LogP) is 1.29. The van der Waals surface area contributed by atoms with Crippen LogP contribution in [0.5, 0.6) is 0 Å². The Morgan fingerprint density at radius 1 is 1.56 bits per heavy atom. The molecule has 90 valence electrons. The highest BCUT2D eigenvalue weighted by Crippen LogP contribution is 2.24. The van der Waals surface area contributed by atoms with Gasteiger partial charge in [-0.25, -0.2) is 13.8 Å². The number of nitrogen functional groups attached to an aromatic ring is 1. The van der Waals surface area contributed by atoms with E-state index < -0.39 is 25.1 Å². The van der Waals surface area contributed by atoms with Crippen LogP contribution in [0.1, 0.15) is 24.9 Å². The standard InChI is InChI=1S/C10H15F2N3O/c1-6(16)15-8(5-9(11)12)7-3-2-4-14-10(7)13/h2-4,6,8-9,15-16H,5H2,1H3,(H2,13,14). The van der Waals surface area contributed by atoms with E-state index in [4.69, 9.17) is 5.73 Å². The second-order valence-electron chi connectivity index (χ2n) is 3.50. The molecule has 2 atom stereocenters. The van der Waals surface area contributed by atoms with Gasteiger partial charge >= 0.3 is 0 Å². The fourth-order valence-corrected chi connectivity index (χ4v) is 1.48. The summed E-state index contributed by atoms with van der Waals surface area (Å²) in [6, 6.07) is 2.53. The third kappa shape index (κ3) is 3.71. The summed E-state index contributed by atoms with van der Waals surface area (Å²) in [5.41, 5.74) is 6.07. The number of nitrogens with two attached hydrogens (primary N) is 1. The topological polar surface area (TPSA) is 71.2 Å². The maximum absolute atomic E-state index is 12.4. The molecule has 0 aliphatic heterocycles. The lowest BCUT2D eigenvalue weighted by Crippen LogP contribution is -2.32. The van der Waals surface area contributed by atoms with E-state index in [1.807, 2.05) is 0 Å². The Labute approximate surface area is 92.5 Å². The van der Waals surface area contributed by atoms with Gasteiger partial charge in [-0.15, -0.1) is 0 Å². The zero-order valence-corrected chi connectivity index (χ0v) is 8.90. The molecule has 4 nitrogen and oxygen atoms in total. The number of aliphatic hydroxyl groups is 1. The Kier molecular flexibility index (Phi) is 4.57. The van der Waals surface area contributed by atoms with Gasteiger partial charge in [0.15, 0.2) is 0 Å². The van der Waals surface area contributed by atoms with Gasteiger partial charge in [-0.2, -0.15) is 0 Å². The molecule has 0 aliphatic rings. The first-order valence-corrected chi connectivity index (χ1v) is 4.93. The molecule has 0 aliphatic carbocycles. The number of alkyl halides is 2. The number of hydrogen-bond donors (Lipinski definition) is 3. The van der Waals surface area contributed by atoms with Crippen LogP contribution in [-0.4, -0.2) is 22.7 Å². The summed E-state index contributed by atoms with van der Waals surface area (Å²) >= 11 is 0. The second kappa shape index (κ2) is 5.72. The van der Waals surface area contributed by atoms with E-state index in [2.05, 4.69) is 10.3 Å². The molecule has 1 heterocycles. The Morgan fingerprint density at radius 2 is 2.25 bits per heavy atom. The summed E-state index contributed by atoms with van der Waals surface area (Å²) in [7, 11) is 0. The van der Waals surface area contributed by atoms with E-state index in [1.165, 1.54) is 13.1 Å². The van der Waals surface area contributed by atoms with Crippen LogP contribution in [0, 0.1) is 0 Å². The predicted molar refractivity (Wildman–Crippen MR) is 56.8 cm³/mol. The van der Waals surface area contributed by atoms with Crippen LogP contribution in [0.3, 0.4) is 0 Å². The van der Waals surface area contributed by atoms with Crippen LogP contribution >= 0.6 is 0 Å². The number of aromatic nitrogens is 1. The molecule has 2 unspecified atom stereocenters. The molecule has 0 saturated heterocycles. The van der Waals surface area contributed by atoms with Crippen molar-refractivity contribution in [2.45, 2.75) is 32.0 Å². The molecule has 0 fully saturated rings. The number of rotatable bonds is 5. The summed E-state index contributed by atoms with van der Waals surface area (Å²) < 4.78 is 24.7. The van der Waals surface area contributed by atoms with Gasteiger partial charge in [0, 0.05) is 24.2 Å². The molecule has 0 amide bonds. The number of pyridine rings is 1. The lowest BCUT2D eigenvalue weighted by molar-refractivity contribution is 0.0921. The lowest BCUT2D eigenvalue weighted by Gasteiger charge is -2.21. The summed E-state index contributed by atoms with van der Waals surface area (Å²) in [6.45, 7) is 1.46. The van der Waals surface area contributed by atoms with Gasteiger partial charge in [-0.3, -0.25) is 5.32 Å². The van der Waals surface area contributed by atoms with E-state index in [-0.39, 0.29) is 5.82 Å². The molecule has 0 radical (unpaired) electrons. The highest BCUT2D eigenvalue weighted by atomic mass is 19.3. The minimum atomic E-state index is -2.48. The molecule has 0 aromatic carbocycles. The molecular formula is C10H15F2N3O. The molecule has 16 heavy (non-hydrogen) atoms. The van der Waals surface area contributed by atoms with Crippen molar-refractivity contribution in [2.75, 3.05) is 5.73 Å². The second-order valence-corrected chi connectivity index (χ2v) is 3.50. The van der Waals surface area contributed by atoms with E-state index >= 15 is 0 Å². The number of aliphatic hydroxyl groups excluding tert-OH is 1. The molecule has 0 saturated carbocycles. The number of halogens is 2. The highest BCUT2D eigenvalue weighted by Gasteiger charge is 2.20. The first-order valence-electron chi connectivity index (χ1n) is 4.93. The van der Waals surface area contributed by atoms with Crippen LogP contribution in [0.15, 0.2) is 18.3 Å². The molecular weight excluding hydrogens is 216 g/mol. The molecule has 4 N–H and O–H groups in total. The Hall–Kier alpha value is -1.27. The number of nitrogens with zero attached hydrogens (tertiary/aromatic N) is 1. The van der Waals surface area contributed by atoms with Crippen molar-refractivity contribution in [1.82, 2.24) is 10.3 Å². The number of nitrogens with one attached hydrogen (secondary N) is 1. The summed E-state index contributed by atoms with van der Waals surface area (Å²) in [5.74, 6) is 0.196. The van der Waals surface area contributed by atoms with Crippen LogP contribution < -0.4 is 11.1 Å². The van der Waals surface area contributed by atoms with E-state index in [0.29, 0.717) is 5.56 Å². The average Bonchev–Trinajstić information content (AvgIpc) is 2.15. The Morgan fingerprint density at radius 3 is 2.75 bits per heavy atom. The zero-order valence-electron chi connectivity index (χ0n) is 8.90. The SMILES string of the molecule is CC(O)NC(CC(F)F)c1cccnc1N. The number of hydrogen-bond acceptors (Lipinski definition) is 4. The van der Waals surface area contributed by atoms with E-state index in [9.17, 15) is 13.9 Å². The van der Waals surface area contributed by atoms with E-state index in [0.717, 1.165) is 0 Å². The average molecular weight is 231 g/mol. The largest absolute Gasteiger partial charge is 0.383 e. The van der Waals surface area contributed by atoms with Gasteiger partial charge in [-0.1, -0.05) is 6.07 Å². The molecule has 0 bridgehead atoms. The minimum absolute atomic E-state index is 0.196. The van der Waals surface area contributed by atoms with Gasteiger partial charge in [0.05, 0.1) is 0 Å². The molecule has 0 spiro atoms. The smallest absolute Gasteiger partial charge is 0.240 e. The fraction of sp³-hybridized carbons (Fsp3) is 0.500. The molecule has 1 rings (SSSR count). The van der Waals surface area contributed by atoms with Gasteiger partial charge < -0.3 is 10.8 Å². The van der Waals surface area contributed by atoms with Crippen molar-refractivity contribution < 1.29 is 13.9 Å². The monoisotopic (exact) mass is 231 g/mol. The van der Waals surface area contributed by atoms with Crippen LogP contribution in [0.2, 0.25) is 0 Å². The zero-order chi connectivity index (χ0) is 12.1. The van der Waals surface area contributed by atoms with Gasteiger partial charge in [0.2, 0.25) is 6.43 Å².